The monoisotopic (exact) mass is 563 g/mol. The van der Waals surface area contributed by atoms with E-state index in [0.717, 1.165) is 18.8 Å². The van der Waals surface area contributed by atoms with E-state index in [1.807, 2.05) is 35.2 Å². The maximum Gasteiger partial charge on any atom is 0.244 e. The Hall–Kier alpha value is -2.53. The van der Waals surface area contributed by atoms with E-state index in [4.69, 9.17) is 25.8 Å². The first-order valence-electron chi connectivity index (χ1n) is 13.0. The van der Waals surface area contributed by atoms with Crippen molar-refractivity contribution in [1.29, 1.82) is 0 Å². The predicted octanol–water partition coefficient (Wildman–Crippen LogP) is 3.13. The fourth-order valence-electron chi connectivity index (χ4n) is 5.20. The van der Waals surface area contributed by atoms with Crippen molar-refractivity contribution in [3.8, 4) is 17.2 Å². The summed E-state index contributed by atoms with van der Waals surface area (Å²) in [6.07, 6.45) is 1.32. The topological polar surface area (TPSA) is 88.6 Å². The number of hydrogen-bond donors (Lipinski definition) is 0. The average molecular weight is 564 g/mol. The molecule has 2 saturated heterocycles. The van der Waals surface area contributed by atoms with Crippen molar-refractivity contribution in [1.82, 2.24) is 14.1 Å². The number of ether oxygens (including phenoxy) is 3. The van der Waals surface area contributed by atoms with E-state index in [9.17, 15) is 13.2 Å². The lowest BCUT2D eigenvalue weighted by molar-refractivity contribution is -0.136. The number of likely N-dealkylation sites (N-methyl/N-ethyl adjacent to an activating group) is 1. The number of para-hydroxylation sites is 1. The molecule has 206 valence electrons. The minimum atomic E-state index is -3.87. The van der Waals surface area contributed by atoms with Crippen molar-refractivity contribution in [2.75, 3.05) is 66.1 Å². The highest BCUT2D eigenvalue weighted by atomic mass is 35.5. The summed E-state index contributed by atoms with van der Waals surface area (Å²) in [5.41, 5.74) is -0.473. The standard InChI is InChI=1S/C27H34ClN3O6S/c1-29-11-13-30(14-12-29)26(32)19-27(20-37-21-5-3-2-4-6-21)7-9-31(10-8-27)38(33,34)25-18-24-23(17-22(25)28)35-15-16-36-24/h2-6,17-18H,7-16,19-20H2,1H3. The second-order valence-corrected chi connectivity index (χ2v) is 12.6. The van der Waals surface area contributed by atoms with Crippen LogP contribution in [0.5, 0.6) is 17.2 Å². The number of carbonyl (C=O) groups is 1. The first-order chi connectivity index (χ1) is 18.3. The largest absolute Gasteiger partial charge is 0.493 e. The van der Waals surface area contributed by atoms with E-state index in [1.165, 1.54) is 16.4 Å². The molecule has 9 nitrogen and oxygen atoms in total. The zero-order valence-corrected chi connectivity index (χ0v) is 23.2. The molecule has 0 radical (unpaired) electrons. The van der Waals surface area contributed by atoms with Gasteiger partial charge in [-0.1, -0.05) is 29.8 Å². The van der Waals surface area contributed by atoms with Gasteiger partial charge in [0.2, 0.25) is 15.9 Å². The molecular formula is C27H34ClN3O6S. The molecule has 1 amide bonds. The van der Waals surface area contributed by atoms with Crippen LogP contribution in [-0.4, -0.2) is 94.6 Å². The summed E-state index contributed by atoms with van der Waals surface area (Å²) in [6.45, 7) is 4.72. The van der Waals surface area contributed by atoms with Gasteiger partial charge in [-0.15, -0.1) is 0 Å². The van der Waals surface area contributed by atoms with Crippen LogP contribution < -0.4 is 14.2 Å². The summed E-state index contributed by atoms with van der Waals surface area (Å²) in [5, 5.41) is 0.101. The van der Waals surface area contributed by atoms with Crippen LogP contribution in [0.3, 0.4) is 0 Å². The molecule has 11 heteroatoms. The fourth-order valence-corrected chi connectivity index (χ4v) is 7.15. The highest BCUT2D eigenvalue weighted by molar-refractivity contribution is 7.89. The molecule has 0 saturated carbocycles. The molecule has 38 heavy (non-hydrogen) atoms. The van der Waals surface area contributed by atoms with Crippen LogP contribution in [0.1, 0.15) is 19.3 Å². The molecule has 0 aromatic heterocycles. The first-order valence-corrected chi connectivity index (χ1v) is 14.8. The number of amides is 1. The number of hydrogen-bond acceptors (Lipinski definition) is 7. The zero-order valence-electron chi connectivity index (χ0n) is 21.6. The van der Waals surface area contributed by atoms with Gasteiger partial charge in [0.05, 0.1) is 11.6 Å². The summed E-state index contributed by atoms with van der Waals surface area (Å²) in [7, 11) is -1.82. The van der Waals surface area contributed by atoms with Crippen LogP contribution >= 0.6 is 11.6 Å². The van der Waals surface area contributed by atoms with Crippen LogP contribution in [0.25, 0.3) is 0 Å². The third-order valence-corrected chi connectivity index (χ3v) is 10.0. The van der Waals surface area contributed by atoms with Gasteiger partial charge in [0.1, 0.15) is 23.9 Å². The molecule has 5 rings (SSSR count). The Bertz CT molecular complexity index is 1240. The van der Waals surface area contributed by atoms with Gasteiger partial charge >= 0.3 is 0 Å². The lowest BCUT2D eigenvalue weighted by Crippen LogP contribution is -2.51. The van der Waals surface area contributed by atoms with Crippen molar-refractivity contribution < 1.29 is 27.4 Å². The van der Waals surface area contributed by atoms with Crippen LogP contribution in [0, 0.1) is 5.41 Å². The van der Waals surface area contributed by atoms with Gasteiger partial charge in [-0.3, -0.25) is 4.79 Å². The van der Waals surface area contributed by atoms with Gasteiger partial charge in [0.15, 0.2) is 11.5 Å². The molecule has 2 aromatic rings. The summed E-state index contributed by atoms with van der Waals surface area (Å²) in [5.74, 6) is 1.65. The maximum absolute atomic E-state index is 13.6. The first kappa shape index (κ1) is 27.1. The normalized spacial score (nSPS) is 20.2. The minimum absolute atomic E-state index is 0.00460. The number of benzene rings is 2. The Balaban J connectivity index is 1.32. The Labute approximate surface area is 229 Å². The lowest BCUT2D eigenvalue weighted by Gasteiger charge is -2.42. The van der Waals surface area contributed by atoms with Gasteiger partial charge < -0.3 is 24.0 Å². The van der Waals surface area contributed by atoms with Crippen LogP contribution in [-0.2, 0) is 14.8 Å². The van der Waals surface area contributed by atoms with E-state index in [-0.39, 0.29) is 28.9 Å². The second kappa shape index (κ2) is 11.3. The van der Waals surface area contributed by atoms with Crippen molar-refractivity contribution in [2.24, 2.45) is 5.41 Å². The Morgan fingerprint density at radius 1 is 0.974 bits per heavy atom. The van der Waals surface area contributed by atoms with Crippen LogP contribution in [0.15, 0.2) is 47.4 Å². The second-order valence-electron chi connectivity index (χ2n) is 10.3. The molecule has 2 aromatic carbocycles. The van der Waals surface area contributed by atoms with Gasteiger partial charge in [0.25, 0.3) is 0 Å². The van der Waals surface area contributed by atoms with Gasteiger partial charge in [-0.05, 0) is 32.0 Å². The highest BCUT2D eigenvalue weighted by Gasteiger charge is 2.42. The van der Waals surface area contributed by atoms with Crippen molar-refractivity contribution in [3.63, 3.8) is 0 Å². The number of rotatable bonds is 7. The van der Waals surface area contributed by atoms with Crippen molar-refractivity contribution >= 4 is 27.5 Å². The molecule has 0 bridgehead atoms. The third kappa shape index (κ3) is 5.88. The quantitative estimate of drug-likeness (QED) is 0.511. The number of carbonyl (C=O) groups excluding carboxylic acids is 1. The number of piperidine rings is 1. The van der Waals surface area contributed by atoms with Gasteiger partial charge in [-0.25, -0.2) is 8.42 Å². The molecular weight excluding hydrogens is 530 g/mol. The van der Waals surface area contributed by atoms with E-state index in [2.05, 4.69) is 11.9 Å². The molecule has 0 atom stereocenters. The SMILES string of the molecule is CN1CCN(C(=O)CC2(COc3ccccc3)CCN(S(=O)(=O)c3cc4c(cc3Cl)OCCO4)CC2)CC1. The molecule has 2 fully saturated rings. The summed E-state index contributed by atoms with van der Waals surface area (Å²) < 4.78 is 45.9. The van der Waals surface area contributed by atoms with E-state index in [1.54, 1.807) is 0 Å². The van der Waals surface area contributed by atoms with E-state index in [0.29, 0.717) is 63.7 Å². The lowest BCUT2D eigenvalue weighted by atomic mass is 9.76. The summed E-state index contributed by atoms with van der Waals surface area (Å²) in [4.78, 5) is 17.5. The van der Waals surface area contributed by atoms with Crippen molar-refractivity contribution in [3.05, 3.63) is 47.5 Å². The number of piperazine rings is 1. The Morgan fingerprint density at radius 3 is 2.26 bits per heavy atom. The summed E-state index contributed by atoms with van der Waals surface area (Å²) >= 11 is 6.39. The molecule has 0 spiro atoms. The smallest absolute Gasteiger partial charge is 0.244 e. The molecule has 0 N–H and O–H groups in total. The number of nitrogens with zero attached hydrogens (tertiary/aromatic N) is 3. The summed E-state index contributed by atoms with van der Waals surface area (Å²) in [6, 6.07) is 12.5. The van der Waals surface area contributed by atoms with Crippen molar-refractivity contribution in [2.45, 2.75) is 24.2 Å². The molecule has 0 aliphatic carbocycles. The Morgan fingerprint density at radius 2 is 1.61 bits per heavy atom. The Kier molecular flexibility index (Phi) is 8.04. The van der Waals surface area contributed by atoms with Gasteiger partial charge in [-0.2, -0.15) is 4.31 Å². The fraction of sp³-hybridized carbons (Fsp3) is 0.519. The van der Waals surface area contributed by atoms with Crippen LogP contribution in [0.2, 0.25) is 5.02 Å². The number of fused-ring (bicyclic) bond motifs is 1. The molecule has 0 unspecified atom stereocenters. The van der Waals surface area contributed by atoms with Crippen LogP contribution in [0.4, 0.5) is 0 Å². The van der Waals surface area contributed by atoms with Gasteiger partial charge in [0, 0.05) is 63.2 Å². The highest BCUT2D eigenvalue weighted by Crippen LogP contribution is 2.41. The zero-order chi connectivity index (χ0) is 26.8. The molecule has 3 aliphatic rings. The predicted molar refractivity (Wildman–Crippen MR) is 143 cm³/mol. The minimum Gasteiger partial charge on any atom is -0.493 e. The maximum atomic E-state index is 13.6. The average Bonchev–Trinajstić information content (AvgIpc) is 2.93. The van der Waals surface area contributed by atoms with E-state index >= 15 is 0 Å². The third-order valence-electron chi connectivity index (χ3n) is 7.67. The number of sulfonamides is 1. The van der Waals surface area contributed by atoms with E-state index < -0.39 is 15.4 Å². The number of halogens is 1. The molecule has 3 aliphatic heterocycles. The molecule has 3 heterocycles.